The molecule has 0 bridgehead atoms. The van der Waals surface area contributed by atoms with Gasteiger partial charge in [0.2, 0.25) is 5.91 Å². The number of aromatic nitrogens is 1. The Labute approximate surface area is 148 Å². The van der Waals surface area contributed by atoms with Gasteiger partial charge in [0.15, 0.2) is 0 Å². The third kappa shape index (κ3) is 3.27. The van der Waals surface area contributed by atoms with Crippen molar-refractivity contribution < 1.29 is 9.53 Å². The van der Waals surface area contributed by atoms with Crippen LogP contribution in [0.15, 0.2) is 54.9 Å². The van der Waals surface area contributed by atoms with Crippen LogP contribution >= 0.6 is 0 Å². The van der Waals surface area contributed by atoms with Crippen LogP contribution in [-0.4, -0.2) is 41.2 Å². The minimum atomic E-state index is 0.110. The summed E-state index contributed by atoms with van der Waals surface area (Å²) in [7, 11) is 1.98. The Morgan fingerprint density at radius 1 is 1.24 bits per heavy atom. The zero-order chi connectivity index (χ0) is 17.2. The van der Waals surface area contributed by atoms with Gasteiger partial charge in [-0.3, -0.25) is 4.79 Å². The summed E-state index contributed by atoms with van der Waals surface area (Å²) >= 11 is 0. The molecule has 3 atom stereocenters. The summed E-state index contributed by atoms with van der Waals surface area (Å²) < 4.78 is 7.72. The maximum atomic E-state index is 12.8. The monoisotopic (exact) mass is 336 g/mol. The number of amides is 1. The molecule has 0 aliphatic carbocycles. The topological polar surface area (TPSA) is 34.5 Å². The number of hydrogen-bond donors (Lipinski definition) is 0. The fraction of sp³-hybridized carbons (Fsp3) is 0.381. The van der Waals surface area contributed by atoms with Gasteiger partial charge in [-0.05, 0) is 29.7 Å². The lowest BCUT2D eigenvalue weighted by atomic mass is 9.84. The second-order valence-corrected chi connectivity index (χ2v) is 7.05. The van der Waals surface area contributed by atoms with E-state index in [9.17, 15) is 4.79 Å². The fourth-order valence-corrected chi connectivity index (χ4v) is 4.20. The number of ether oxygens (including phenoxy) is 1. The Balaban J connectivity index is 1.54. The zero-order valence-electron chi connectivity index (χ0n) is 14.5. The molecule has 4 rings (SSSR count). The lowest BCUT2D eigenvalue weighted by Crippen LogP contribution is -2.41. The van der Waals surface area contributed by atoms with Crippen LogP contribution in [0.5, 0.6) is 0 Å². The van der Waals surface area contributed by atoms with Gasteiger partial charge in [0.05, 0.1) is 6.61 Å². The molecular weight excluding hydrogens is 312 g/mol. The van der Waals surface area contributed by atoms with E-state index in [0.29, 0.717) is 11.8 Å². The van der Waals surface area contributed by atoms with Gasteiger partial charge < -0.3 is 14.2 Å². The SMILES string of the molecule is Cn1ccc(C=CC(=O)N2CC(c3ccccc3)C3COCCC32)c1. The average molecular weight is 336 g/mol. The van der Waals surface area contributed by atoms with Crippen molar-refractivity contribution in [1.82, 2.24) is 9.47 Å². The van der Waals surface area contributed by atoms with E-state index in [1.807, 2.05) is 42.2 Å². The molecule has 0 N–H and O–H groups in total. The van der Waals surface area contributed by atoms with Gasteiger partial charge in [0.25, 0.3) is 0 Å². The van der Waals surface area contributed by atoms with Gasteiger partial charge in [-0.1, -0.05) is 30.3 Å². The smallest absolute Gasteiger partial charge is 0.246 e. The van der Waals surface area contributed by atoms with E-state index < -0.39 is 0 Å². The molecule has 2 saturated heterocycles. The zero-order valence-corrected chi connectivity index (χ0v) is 14.5. The van der Waals surface area contributed by atoms with Gasteiger partial charge >= 0.3 is 0 Å². The quantitative estimate of drug-likeness (QED) is 0.808. The number of fused-ring (bicyclic) bond motifs is 1. The molecule has 25 heavy (non-hydrogen) atoms. The van der Waals surface area contributed by atoms with E-state index in [-0.39, 0.29) is 11.9 Å². The van der Waals surface area contributed by atoms with Gasteiger partial charge in [-0.2, -0.15) is 0 Å². The van der Waals surface area contributed by atoms with Crippen LogP contribution in [0, 0.1) is 5.92 Å². The van der Waals surface area contributed by atoms with Gasteiger partial charge in [-0.25, -0.2) is 0 Å². The molecule has 2 fully saturated rings. The Morgan fingerprint density at radius 3 is 2.84 bits per heavy atom. The highest BCUT2D eigenvalue weighted by Crippen LogP contribution is 2.40. The third-order valence-electron chi connectivity index (χ3n) is 5.46. The molecule has 0 spiro atoms. The molecule has 130 valence electrons. The lowest BCUT2D eigenvalue weighted by molar-refractivity contribution is -0.128. The van der Waals surface area contributed by atoms with Crippen molar-refractivity contribution in [2.75, 3.05) is 19.8 Å². The molecule has 4 nitrogen and oxygen atoms in total. The average Bonchev–Trinajstić information content (AvgIpc) is 3.24. The van der Waals surface area contributed by atoms with Crippen LogP contribution < -0.4 is 0 Å². The second kappa shape index (κ2) is 6.89. The van der Waals surface area contributed by atoms with Gasteiger partial charge in [0.1, 0.15) is 0 Å². The first-order valence-electron chi connectivity index (χ1n) is 8.96. The fourth-order valence-electron chi connectivity index (χ4n) is 4.20. The van der Waals surface area contributed by atoms with Gasteiger partial charge in [-0.15, -0.1) is 0 Å². The van der Waals surface area contributed by atoms with Crippen LogP contribution in [0.2, 0.25) is 0 Å². The summed E-state index contributed by atoms with van der Waals surface area (Å²) in [6.07, 6.45) is 8.55. The molecule has 2 aliphatic heterocycles. The predicted octanol–water partition coefficient (Wildman–Crippen LogP) is 3.07. The maximum absolute atomic E-state index is 12.8. The van der Waals surface area contributed by atoms with E-state index >= 15 is 0 Å². The number of nitrogens with zero attached hydrogens (tertiary/aromatic N) is 2. The summed E-state index contributed by atoms with van der Waals surface area (Å²) in [6, 6.07) is 12.8. The minimum absolute atomic E-state index is 0.110. The van der Waals surface area contributed by atoms with Crippen molar-refractivity contribution >= 4 is 12.0 Å². The summed E-state index contributed by atoms with van der Waals surface area (Å²) in [6.45, 7) is 2.27. The molecule has 1 aromatic heterocycles. The first-order chi connectivity index (χ1) is 12.2. The third-order valence-corrected chi connectivity index (χ3v) is 5.46. The van der Waals surface area contributed by atoms with Gasteiger partial charge in [0, 0.05) is 56.5 Å². The number of hydrogen-bond acceptors (Lipinski definition) is 2. The Morgan fingerprint density at radius 2 is 2.08 bits per heavy atom. The maximum Gasteiger partial charge on any atom is 0.246 e. The Kier molecular flexibility index (Phi) is 4.45. The van der Waals surface area contributed by atoms with Crippen LogP contribution in [0.1, 0.15) is 23.5 Å². The highest BCUT2D eigenvalue weighted by atomic mass is 16.5. The summed E-state index contributed by atoms with van der Waals surface area (Å²) in [4.78, 5) is 14.9. The number of likely N-dealkylation sites (tertiary alicyclic amines) is 1. The van der Waals surface area contributed by atoms with E-state index in [0.717, 1.165) is 31.7 Å². The van der Waals surface area contributed by atoms with E-state index in [1.54, 1.807) is 6.08 Å². The summed E-state index contributed by atoms with van der Waals surface area (Å²) in [5, 5.41) is 0. The normalized spacial score (nSPS) is 26.1. The van der Waals surface area contributed by atoms with E-state index in [1.165, 1.54) is 5.56 Å². The molecule has 0 radical (unpaired) electrons. The largest absolute Gasteiger partial charge is 0.381 e. The molecule has 2 aliphatic rings. The van der Waals surface area contributed by atoms with Crippen LogP contribution in [0.3, 0.4) is 0 Å². The molecule has 3 unspecified atom stereocenters. The number of rotatable bonds is 3. The number of carbonyl (C=O) groups excluding carboxylic acids is 1. The second-order valence-electron chi connectivity index (χ2n) is 7.05. The molecule has 2 aromatic rings. The van der Waals surface area contributed by atoms with Crippen molar-refractivity contribution in [2.24, 2.45) is 13.0 Å². The highest BCUT2D eigenvalue weighted by molar-refractivity contribution is 5.92. The first kappa shape index (κ1) is 16.2. The van der Waals surface area contributed by atoms with Crippen molar-refractivity contribution in [3.8, 4) is 0 Å². The standard InChI is InChI=1S/C21H24N2O2/c1-22-11-9-16(13-22)7-8-21(24)23-14-18(17-5-3-2-4-6-17)19-15-25-12-10-20(19)23/h2-9,11,13,18-20H,10,12,14-15H2,1H3. The van der Waals surface area contributed by atoms with Crippen molar-refractivity contribution in [1.29, 1.82) is 0 Å². The minimum Gasteiger partial charge on any atom is -0.381 e. The molecular formula is C21H24N2O2. The molecule has 1 aromatic carbocycles. The van der Waals surface area contributed by atoms with Crippen LogP contribution in [0.4, 0.5) is 0 Å². The molecule has 0 saturated carbocycles. The number of aryl methyl sites for hydroxylation is 1. The number of benzene rings is 1. The van der Waals surface area contributed by atoms with Crippen molar-refractivity contribution in [2.45, 2.75) is 18.4 Å². The Hall–Kier alpha value is -2.33. The first-order valence-corrected chi connectivity index (χ1v) is 8.96. The van der Waals surface area contributed by atoms with E-state index in [4.69, 9.17) is 4.74 Å². The molecule has 4 heteroatoms. The lowest BCUT2D eigenvalue weighted by Gasteiger charge is -2.32. The highest BCUT2D eigenvalue weighted by Gasteiger charge is 2.45. The molecule has 3 heterocycles. The van der Waals surface area contributed by atoms with Crippen molar-refractivity contribution in [3.05, 3.63) is 66.0 Å². The van der Waals surface area contributed by atoms with Crippen LogP contribution in [0.25, 0.3) is 6.08 Å². The Bertz CT molecular complexity index is 765. The van der Waals surface area contributed by atoms with Crippen molar-refractivity contribution in [3.63, 3.8) is 0 Å². The summed E-state index contributed by atoms with van der Waals surface area (Å²) in [5.74, 6) is 0.866. The summed E-state index contributed by atoms with van der Waals surface area (Å²) in [5.41, 5.74) is 2.36. The van der Waals surface area contributed by atoms with Crippen LogP contribution in [-0.2, 0) is 16.6 Å². The van der Waals surface area contributed by atoms with E-state index in [2.05, 4.69) is 29.2 Å². The number of carbonyl (C=O) groups is 1. The predicted molar refractivity (Wildman–Crippen MR) is 98.1 cm³/mol. The molecule has 1 amide bonds.